The standard InChI is InChI=1S/C37H37F2N4O12P/c1-36(2)20-27(31(44)54-36)42-56(48,55-26-16-10-5-11-17-26)51-23-28-30(53-35(47)50-22-25-14-8-4-9-15-25)37(38,39)32(52-28)43-19-18-29(40-33(43)45)41-34(46)49-21-24-12-6-3-7-13-24/h3-19,27-28,30,32H,20-23H2,1-2H3,(H,42,48)(H,40,41,45,46)/t27?,28-,30-,32-,56?/m1/s1. The van der Waals surface area contributed by atoms with Crippen molar-refractivity contribution in [3.63, 3.8) is 0 Å². The molecule has 3 aromatic carbocycles. The monoisotopic (exact) mass is 798 g/mol. The van der Waals surface area contributed by atoms with Gasteiger partial charge in [0.15, 0.2) is 0 Å². The van der Waals surface area contributed by atoms with Crippen molar-refractivity contribution in [3.8, 4) is 5.75 Å². The summed E-state index contributed by atoms with van der Waals surface area (Å²) in [6, 6.07) is 24.7. The number of benzene rings is 3. The summed E-state index contributed by atoms with van der Waals surface area (Å²) >= 11 is 0. The van der Waals surface area contributed by atoms with Crippen LogP contribution in [-0.2, 0) is 50.8 Å². The largest absolute Gasteiger partial charge is 0.509 e. The summed E-state index contributed by atoms with van der Waals surface area (Å²) < 4.78 is 84.8. The van der Waals surface area contributed by atoms with E-state index in [4.69, 9.17) is 32.7 Å². The first kappa shape index (κ1) is 40.0. The minimum atomic E-state index is -4.62. The average molecular weight is 799 g/mol. The van der Waals surface area contributed by atoms with Gasteiger partial charge in [-0.05, 0) is 43.2 Å². The summed E-state index contributed by atoms with van der Waals surface area (Å²) in [5, 5.41) is 4.78. The second-order valence-corrected chi connectivity index (χ2v) is 14.9. The Morgan fingerprint density at radius 2 is 1.52 bits per heavy atom. The Bertz CT molecular complexity index is 2110. The summed E-state index contributed by atoms with van der Waals surface area (Å²) in [7, 11) is -4.62. The number of esters is 1. The summed E-state index contributed by atoms with van der Waals surface area (Å²) in [5.74, 6) is -5.21. The number of hydrogen-bond acceptors (Lipinski definition) is 13. The van der Waals surface area contributed by atoms with E-state index in [-0.39, 0.29) is 31.2 Å². The van der Waals surface area contributed by atoms with Gasteiger partial charge in [-0.15, -0.1) is 0 Å². The number of nitrogens with zero attached hydrogens (tertiary/aromatic N) is 2. The Labute approximate surface area is 318 Å². The minimum Gasteiger partial charge on any atom is -0.458 e. The Morgan fingerprint density at radius 1 is 0.911 bits per heavy atom. The van der Waals surface area contributed by atoms with E-state index in [1.54, 1.807) is 92.7 Å². The van der Waals surface area contributed by atoms with E-state index in [2.05, 4.69) is 15.4 Å². The first-order chi connectivity index (χ1) is 26.7. The zero-order valence-corrected chi connectivity index (χ0v) is 30.8. The SMILES string of the molecule is CC1(C)CC(NP(=O)(OC[C@H]2O[C@@H](n3ccc(NC(=O)OCc4ccccc4)nc3=O)C(F)(F)[C@@H]2OC(=O)OCc2ccccc2)Oc2ccccc2)C(=O)O1. The van der Waals surface area contributed by atoms with Gasteiger partial charge in [0.25, 0.3) is 0 Å². The van der Waals surface area contributed by atoms with Crippen LogP contribution in [0.25, 0.3) is 0 Å². The topological polar surface area (TPSA) is 192 Å². The van der Waals surface area contributed by atoms with Crippen LogP contribution >= 0.6 is 7.75 Å². The van der Waals surface area contributed by atoms with Gasteiger partial charge in [0.1, 0.15) is 42.5 Å². The zero-order valence-electron chi connectivity index (χ0n) is 29.9. The third kappa shape index (κ3) is 10.1. The summed E-state index contributed by atoms with van der Waals surface area (Å²) in [6.07, 6.45) is -8.41. The van der Waals surface area contributed by atoms with Crippen molar-refractivity contribution in [3.05, 3.63) is 125 Å². The predicted molar refractivity (Wildman–Crippen MR) is 191 cm³/mol. The third-order valence-electron chi connectivity index (χ3n) is 8.35. The molecular weight excluding hydrogens is 761 g/mol. The number of halogens is 2. The first-order valence-corrected chi connectivity index (χ1v) is 18.7. The number of nitrogens with one attached hydrogen (secondary N) is 2. The van der Waals surface area contributed by atoms with Crippen LogP contribution in [0.3, 0.4) is 0 Å². The molecule has 1 aromatic heterocycles. The molecule has 2 saturated heterocycles. The molecule has 0 spiro atoms. The van der Waals surface area contributed by atoms with Crippen LogP contribution < -0.4 is 20.6 Å². The molecular formula is C37H37F2N4O12P. The summed E-state index contributed by atoms with van der Waals surface area (Å²) in [5.41, 5.74) is -0.991. The van der Waals surface area contributed by atoms with Crippen LogP contribution in [-0.4, -0.2) is 64.1 Å². The van der Waals surface area contributed by atoms with E-state index in [1.807, 2.05) is 0 Å². The fourth-order valence-corrected chi connectivity index (χ4v) is 7.26. The van der Waals surface area contributed by atoms with E-state index >= 15 is 8.78 Å². The molecule has 3 heterocycles. The molecule has 5 atom stereocenters. The maximum atomic E-state index is 16.3. The van der Waals surface area contributed by atoms with Crippen LogP contribution in [0.5, 0.6) is 5.75 Å². The summed E-state index contributed by atoms with van der Waals surface area (Å²) in [6.45, 7) is 1.88. The fraction of sp³-hybridized carbons (Fsp3) is 0.324. The average Bonchev–Trinajstić information content (AvgIpc) is 3.57. The van der Waals surface area contributed by atoms with Gasteiger partial charge >= 0.3 is 37.6 Å². The van der Waals surface area contributed by atoms with E-state index in [0.717, 1.165) is 12.3 Å². The van der Waals surface area contributed by atoms with E-state index in [9.17, 15) is 23.7 Å². The number of para-hydroxylation sites is 1. The highest BCUT2D eigenvalue weighted by Crippen LogP contribution is 2.49. The normalized spacial score (nSPS) is 22.0. The Morgan fingerprint density at radius 3 is 2.11 bits per heavy atom. The van der Waals surface area contributed by atoms with E-state index < -0.39 is 74.3 Å². The number of aromatic nitrogens is 2. The zero-order chi connectivity index (χ0) is 39.9. The van der Waals surface area contributed by atoms with Gasteiger partial charge < -0.3 is 28.2 Å². The second-order valence-electron chi connectivity index (χ2n) is 13.2. The molecule has 2 aliphatic rings. The highest BCUT2D eigenvalue weighted by atomic mass is 31.2. The number of rotatable bonds is 14. The molecule has 0 radical (unpaired) electrons. The van der Waals surface area contributed by atoms with Gasteiger partial charge in [0.2, 0.25) is 12.3 Å². The van der Waals surface area contributed by atoms with Crippen molar-refractivity contribution in [2.45, 2.75) is 69.5 Å². The molecule has 0 saturated carbocycles. The quantitative estimate of drug-likeness (QED) is 0.0841. The number of alkyl halides is 2. The highest BCUT2D eigenvalue weighted by molar-refractivity contribution is 7.52. The van der Waals surface area contributed by atoms with E-state index in [1.165, 1.54) is 12.1 Å². The van der Waals surface area contributed by atoms with Crippen LogP contribution in [0.15, 0.2) is 108 Å². The van der Waals surface area contributed by atoms with Gasteiger partial charge in [0, 0.05) is 12.6 Å². The van der Waals surface area contributed by atoms with Crippen molar-refractivity contribution in [2.24, 2.45) is 0 Å². The van der Waals surface area contributed by atoms with Crippen LogP contribution in [0, 0.1) is 0 Å². The Hall–Kier alpha value is -5.68. The van der Waals surface area contributed by atoms with Gasteiger partial charge in [0.05, 0.1) is 6.61 Å². The number of hydrogen-bond donors (Lipinski definition) is 2. The van der Waals surface area contributed by atoms with Crippen LogP contribution in [0.2, 0.25) is 0 Å². The second kappa shape index (κ2) is 17.0. The first-order valence-electron chi connectivity index (χ1n) is 17.2. The lowest BCUT2D eigenvalue weighted by molar-refractivity contribution is -0.147. The molecule has 1 amide bonds. The molecule has 2 N–H and O–H groups in total. The molecule has 6 rings (SSSR count). The van der Waals surface area contributed by atoms with E-state index in [0.29, 0.717) is 15.7 Å². The third-order valence-corrected chi connectivity index (χ3v) is 9.91. The van der Waals surface area contributed by atoms with Crippen molar-refractivity contribution < 1.29 is 60.5 Å². The number of ether oxygens (including phenoxy) is 5. The summed E-state index contributed by atoms with van der Waals surface area (Å²) in [4.78, 5) is 54.6. The van der Waals surface area contributed by atoms with Gasteiger partial charge in [-0.1, -0.05) is 78.9 Å². The lowest BCUT2D eigenvalue weighted by Gasteiger charge is -2.25. The van der Waals surface area contributed by atoms with Gasteiger partial charge in [-0.2, -0.15) is 18.9 Å². The molecule has 19 heteroatoms. The van der Waals surface area contributed by atoms with Gasteiger partial charge in [-0.25, -0.2) is 18.9 Å². The van der Waals surface area contributed by atoms with Crippen molar-refractivity contribution in [1.82, 2.24) is 14.6 Å². The van der Waals surface area contributed by atoms with Gasteiger partial charge in [-0.3, -0.25) is 19.2 Å². The minimum absolute atomic E-state index is 0.0390. The molecule has 2 aliphatic heterocycles. The molecule has 16 nitrogen and oxygen atoms in total. The fourth-order valence-electron chi connectivity index (χ4n) is 5.76. The van der Waals surface area contributed by atoms with Crippen molar-refractivity contribution in [1.29, 1.82) is 0 Å². The molecule has 2 unspecified atom stereocenters. The van der Waals surface area contributed by atoms with Crippen molar-refractivity contribution in [2.75, 3.05) is 11.9 Å². The lowest BCUT2D eigenvalue weighted by Crippen LogP contribution is -2.45. The maximum Gasteiger partial charge on any atom is 0.509 e. The number of carbonyl (C=O) groups is 3. The number of carbonyl (C=O) groups excluding carboxylic acids is 3. The molecule has 4 aromatic rings. The molecule has 2 fully saturated rings. The molecule has 0 bridgehead atoms. The maximum absolute atomic E-state index is 16.3. The highest BCUT2D eigenvalue weighted by Gasteiger charge is 2.63. The van der Waals surface area contributed by atoms with Crippen molar-refractivity contribution >= 4 is 31.8 Å². The Balaban J connectivity index is 1.22. The number of anilines is 1. The van der Waals surface area contributed by atoms with Crippen LogP contribution in [0.1, 0.15) is 37.6 Å². The molecule has 296 valence electrons. The molecule has 56 heavy (non-hydrogen) atoms. The Kier molecular flexibility index (Phi) is 12.1. The number of amides is 1. The van der Waals surface area contributed by atoms with Crippen LogP contribution in [0.4, 0.5) is 24.2 Å². The lowest BCUT2D eigenvalue weighted by atomic mass is 10.0. The molecule has 0 aliphatic carbocycles. The smallest absolute Gasteiger partial charge is 0.458 e. The number of cyclic esters (lactones) is 1. The predicted octanol–water partition coefficient (Wildman–Crippen LogP) is 6.13.